The van der Waals surface area contributed by atoms with E-state index in [1.165, 1.54) is 0 Å². The fraction of sp³-hybridized carbons (Fsp3) is 0.846. The van der Waals surface area contributed by atoms with Crippen LogP contribution in [-0.4, -0.2) is 77.5 Å². The summed E-state index contributed by atoms with van der Waals surface area (Å²) in [5.74, 6) is -0.852. The Hall–Kier alpha value is -1.05. The lowest BCUT2D eigenvalue weighted by Gasteiger charge is -2.49. The van der Waals surface area contributed by atoms with Crippen LogP contribution in [0.25, 0.3) is 0 Å². The van der Waals surface area contributed by atoms with E-state index >= 15 is 0 Å². The van der Waals surface area contributed by atoms with Crippen LogP contribution in [0.4, 0.5) is 4.79 Å². The van der Waals surface area contributed by atoms with Crippen LogP contribution < -0.4 is 0 Å². The zero-order valence-electron chi connectivity index (χ0n) is 12.6. The van der Waals surface area contributed by atoms with E-state index in [1.54, 1.807) is 4.90 Å². The largest absolute Gasteiger partial charge is 0.480 e. The van der Waals surface area contributed by atoms with Gasteiger partial charge in [0.15, 0.2) is 5.54 Å². The standard InChI is InChI=1S/C13H22N2O5.ClH/c1-12(2,3)20-11(18)14-4-6-15(7-5-14)13(10(16)17)8-19-9-13;/h4-9H2,1-3H3,(H,16,17);1H. The molecular formula is C13H23ClN2O5. The molecule has 1 amide bonds. The van der Waals surface area contributed by atoms with Gasteiger partial charge in [0.25, 0.3) is 0 Å². The van der Waals surface area contributed by atoms with Crippen molar-refractivity contribution in [3.05, 3.63) is 0 Å². The first-order chi connectivity index (χ1) is 9.24. The van der Waals surface area contributed by atoms with Gasteiger partial charge in [0.05, 0.1) is 13.2 Å². The fourth-order valence-corrected chi connectivity index (χ4v) is 2.38. The molecule has 2 aliphatic heterocycles. The van der Waals surface area contributed by atoms with E-state index in [2.05, 4.69) is 0 Å². The molecule has 0 aromatic heterocycles. The van der Waals surface area contributed by atoms with E-state index < -0.39 is 17.1 Å². The third-order valence-corrected chi connectivity index (χ3v) is 3.62. The lowest BCUT2D eigenvalue weighted by atomic mass is 9.94. The number of hydrogen-bond donors (Lipinski definition) is 1. The zero-order chi connectivity index (χ0) is 15.0. The lowest BCUT2D eigenvalue weighted by molar-refractivity contribution is -0.190. The number of aliphatic carboxylic acids is 1. The van der Waals surface area contributed by atoms with Crippen molar-refractivity contribution in [2.75, 3.05) is 39.4 Å². The van der Waals surface area contributed by atoms with Gasteiger partial charge in [0.1, 0.15) is 5.60 Å². The van der Waals surface area contributed by atoms with Crippen LogP contribution >= 0.6 is 12.4 Å². The SMILES string of the molecule is CC(C)(C)OC(=O)N1CCN(C2(C(=O)O)COC2)CC1.Cl. The van der Waals surface area contributed by atoms with Gasteiger partial charge in [-0.3, -0.25) is 9.69 Å². The molecule has 0 aliphatic carbocycles. The highest BCUT2D eigenvalue weighted by molar-refractivity contribution is 5.85. The summed E-state index contributed by atoms with van der Waals surface area (Å²) in [6, 6.07) is 0. The number of nitrogens with zero attached hydrogens (tertiary/aromatic N) is 2. The average molecular weight is 323 g/mol. The van der Waals surface area contributed by atoms with Crippen molar-refractivity contribution >= 4 is 24.5 Å². The number of halogens is 1. The van der Waals surface area contributed by atoms with Gasteiger partial charge in [0.2, 0.25) is 0 Å². The summed E-state index contributed by atoms with van der Waals surface area (Å²) in [6.45, 7) is 7.91. The monoisotopic (exact) mass is 322 g/mol. The van der Waals surface area contributed by atoms with Crippen LogP contribution in [0, 0.1) is 0 Å². The highest BCUT2D eigenvalue weighted by Gasteiger charge is 2.52. The number of hydrogen-bond acceptors (Lipinski definition) is 5. The highest BCUT2D eigenvalue weighted by Crippen LogP contribution is 2.27. The number of carboxylic acid groups (broad SMARTS) is 1. The molecule has 2 saturated heterocycles. The summed E-state index contributed by atoms with van der Waals surface area (Å²) >= 11 is 0. The van der Waals surface area contributed by atoms with E-state index in [1.807, 2.05) is 25.7 Å². The molecule has 2 fully saturated rings. The van der Waals surface area contributed by atoms with Gasteiger partial charge in [-0.25, -0.2) is 4.79 Å². The van der Waals surface area contributed by atoms with E-state index in [-0.39, 0.29) is 31.7 Å². The topological polar surface area (TPSA) is 79.3 Å². The molecule has 0 aromatic carbocycles. The number of amides is 1. The number of carbonyl (C=O) groups is 2. The summed E-state index contributed by atoms with van der Waals surface area (Å²) in [5, 5.41) is 9.34. The third-order valence-electron chi connectivity index (χ3n) is 3.62. The first-order valence-corrected chi connectivity index (χ1v) is 6.79. The normalized spacial score (nSPS) is 22.0. The Bertz CT molecular complexity index is 398. The summed E-state index contributed by atoms with van der Waals surface area (Å²) in [7, 11) is 0. The second-order valence-electron chi connectivity index (χ2n) is 6.28. The molecule has 2 heterocycles. The fourth-order valence-electron chi connectivity index (χ4n) is 2.38. The number of carboxylic acids is 1. The van der Waals surface area contributed by atoms with E-state index in [0.29, 0.717) is 26.2 Å². The number of ether oxygens (including phenoxy) is 2. The van der Waals surface area contributed by atoms with Crippen LogP contribution in [0.5, 0.6) is 0 Å². The van der Waals surface area contributed by atoms with Crippen molar-refractivity contribution < 1.29 is 24.2 Å². The summed E-state index contributed by atoms with van der Waals surface area (Å²) in [4.78, 5) is 26.8. The number of carbonyl (C=O) groups excluding carboxylic acids is 1. The molecule has 122 valence electrons. The molecule has 0 bridgehead atoms. The molecule has 21 heavy (non-hydrogen) atoms. The lowest BCUT2D eigenvalue weighted by Crippen LogP contribution is -2.70. The number of rotatable bonds is 2. The van der Waals surface area contributed by atoms with E-state index in [0.717, 1.165) is 0 Å². The number of piperazine rings is 1. The van der Waals surface area contributed by atoms with Crippen LogP contribution in [0.15, 0.2) is 0 Å². The molecule has 0 spiro atoms. The molecular weight excluding hydrogens is 300 g/mol. The maximum atomic E-state index is 11.9. The Morgan fingerprint density at radius 3 is 2.00 bits per heavy atom. The maximum absolute atomic E-state index is 11.9. The molecule has 0 radical (unpaired) electrons. The average Bonchev–Trinajstić information content (AvgIpc) is 2.25. The van der Waals surface area contributed by atoms with Gasteiger partial charge in [-0.05, 0) is 20.8 Å². The molecule has 0 atom stereocenters. The van der Waals surface area contributed by atoms with Crippen LogP contribution in [0.3, 0.4) is 0 Å². The Labute approximate surface area is 130 Å². The van der Waals surface area contributed by atoms with Gasteiger partial charge in [-0.2, -0.15) is 0 Å². The highest BCUT2D eigenvalue weighted by atomic mass is 35.5. The predicted octanol–water partition coefficient (Wildman–Crippen LogP) is 0.814. The Balaban J connectivity index is 0.00000220. The summed E-state index contributed by atoms with van der Waals surface area (Å²) < 4.78 is 10.4. The first-order valence-electron chi connectivity index (χ1n) is 6.79. The molecule has 0 aromatic rings. The van der Waals surface area contributed by atoms with Crippen LogP contribution in [-0.2, 0) is 14.3 Å². The quantitative estimate of drug-likeness (QED) is 0.810. The van der Waals surface area contributed by atoms with Gasteiger partial charge >= 0.3 is 12.1 Å². The molecule has 1 N–H and O–H groups in total. The summed E-state index contributed by atoms with van der Waals surface area (Å²) in [5.41, 5.74) is -1.42. The molecule has 8 heteroatoms. The Morgan fingerprint density at radius 1 is 1.14 bits per heavy atom. The van der Waals surface area contributed by atoms with Crippen molar-refractivity contribution in [2.45, 2.75) is 31.9 Å². The van der Waals surface area contributed by atoms with E-state index in [4.69, 9.17) is 9.47 Å². The van der Waals surface area contributed by atoms with Crippen LogP contribution in [0.1, 0.15) is 20.8 Å². The second kappa shape index (κ2) is 6.37. The van der Waals surface area contributed by atoms with Gasteiger partial charge in [0, 0.05) is 26.2 Å². The smallest absolute Gasteiger partial charge is 0.410 e. The van der Waals surface area contributed by atoms with Crippen molar-refractivity contribution in [1.29, 1.82) is 0 Å². The minimum atomic E-state index is -0.903. The van der Waals surface area contributed by atoms with Gasteiger partial charge in [-0.1, -0.05) is 0 Å². The Morgan fingerprint density at radius 2 is 1.67 bits per heavy atom. The molecule has 7 nitrogen and oxygen atoms in total. The Kier molecular flexibility index (Phi) is 5.46. The maximum Gasteiger partial charge on any atom is 0.410 e. The van der Waals surface area contributed by atoms with Crippen molar-refractivity contribution in [2.24, 2.45) is 0 Å². The molecule has 0 unspecified atom stereocenters. The van der Waals surface area contributed by atoms with E-state index in [9.17, 15) is 14.7 Å². The first kappa shape index (κ1) is 18.0. The summed E-state index contributed by atoms with van der Waals surface area (Å²) in [6.07, 6.45) is -0.341. The molecule has 0 saturated carbocycles. The minimum absolute atomic E-state index is 0. The minimum Gasteiger partial charge on any atom is -0.480 e. The second-order valence-corrected chi connectivity index (χ2v) is 6.28. The molecule has 2 aliphatic rings. The third kappa shape index (κ3) is 3.78. The van der Waals surface area contributed by atoms with Crippen molar-refractivity contribution in [3.63, 3.8) is 0 Å². The predicted molar refractivity (Wildman–Crippen MR) is 77.8 cm³/mol. The zero-order valence-corrected chi connectivity index (χ0v) is 13.4. The van der Waals surface area contributed by atoms with Gasteiger partial charge in [-0.15, -0.1) is 12.4 Å². The van der Waals surface area contributed by atoms with Crippen molar-refractivity contribution in [1.82, 2.24) is 9.80 Å². The van der Waals surface area contributed by atoms with Gasteiger partial charge < -0.3 is 19.5 Å². The van der Waals surface area contributed by atoms with Crippen molar-refractivity contribution in [3.8, 4) is 0 Å². The van der Waals surface area contributed by atoms with Crippen LogP contribution in [0.2, 0.25) is 0 Å². The molecule has 2 rings (SSSR count).